The van der Waals surface area contributed by atoms with Gasteiger partial charge in [-0.15, -0.1) is 0 Å². The lowest BCUT2D eigenvalue weighted by molar-refractivity contribution is 0.172. The first kappa shape index (κ1) is 13.3. The van der Waals surface area contributed by atoms with Crippen LogP contribution >= 0.6 is 0 Å². The Morgan fingerprint density at radius 3 is 2.71 bits per heavy atom. The van der Waals surface area contributed by atoms with Gasteiger partial charge in [0.15, 0.2) is 0 Å². The van der Waals surface area contributed by atoms with Crippen molar-refractivity contribution in [3.63, 3.8) is 0 Å². The number of hydrogen-bond donors (Lipinski definition) is 1. The molecule has 2 N–H and O–H groups in total. The van der Waals surface area contributed by atoms with Crippen molar-refractivity contribution in [2.75, 3.05) is 46.9 Å². The Hall–Kier alpha value is -0.160. The van der Waals surface area contributed by atoms with Gasteiger partial charge in [-0.05, 0) is 26.4 Å². The molecule has 0 saturated carbocycles. The maximum atomic E-state index is 6.29. The summed E-state index contributed by atoms with van der Waals surface area (Å²) in [6.45, 7) is 7.48. The second-order valence-electron chi connectivity index (χ2n) is 6.01. The smallest absolute Gasteiger partial charge is 0.0510 e. The molecule has 100 valence electrons. The number of likely N-dealkylation sites (N-methyl/N-ethyl adjacent to an activating group) is 1. The number of rotatable bonds is 4. The summed E-state index contributed by atoms with van der Waals surface area (Å²) in [6, 6.07) is 0.965. The average molecular weight is 241 g/mol. The first-order chi connectivity index (χ1) is 8.08. The Balaban J connectivity index is 1.80. The predicted molar refractivity (Wildman–Crippen MR) is 70.0 cm³/mol. The van der Waals surface area contributed by atoms with Crippen molar-refractivity contribution in [1.82, 2.24) is 9.80 Å². The molecule has 2 aliphatic rings. The molecule has 4 heteroatoms. The van der Waals surface area contributed by atoms with Gasteiger partial charge in [0.1, 0.15) is 0 Å². The summed E-state index contributed by atoms with van der Waals surface area (Å²) in [7, 11) is 4.35. The fourth-order valence-electron chi connectivity index (χ4n) is 3.21. The van der Waals surface area contributed by atoms with Gasteiger partial charge < -0.3 is 15.4 Å². The molecule has 0 radical (unpaired) electrons. The average Bonchev–Trinajstić information content (AvgIpc) is 2.86. The summed E-state index contributed by atoms with van der Waals surface area (Å²) in [4.78, 5) is 4.87. The molecule has 0 aliphatic carbocycles. The van der Waals surface area contributed by atoms with Crippen LogP contribution in [0.2, 0.25) is 0 Å². The molecule has 2 fully saturated rings. The van der Waals surface area contributed by atoms with Gasteiger partial charge in [0, 0.05) is 44.2 Å². The van der Waals surface area contributed by atoms with E-state index in [4.69, 9.17) is 10.5 Å². The quantitative estimate of drug-likeness (QED) is 0.765. The highest BCUT2D eigenvalue weighted by atomic mass is 16.5. The molecule has 0 spiro atoms. The molecule has 2 rings (SSSR count). The van der Waals surface area contributed by atoms with E-state index >= 15 is 0 Å². The Morgan fingerprint density at radius 1 is 1.41 bits per heavy atom. The molecular formula is C13H27N3O. The molecule has 4 atom stereocenters. The van der Waals surface area contributed by atoms with Crippen LogP contribution in [0.1, 0.15) is 13.3 Å². The monoisotopic (exact) mass is 241 g/mol. The molecule has 0 amide bonds. The van der Waals surface area contributed by atoms with E-state index in [1.54, 1.807) is 0 Å². The minimum Gasteiger partial charge on any atom is -0.381 e. The summed E-state index contributed by atoms with van der Waals surface area (Å²) >= 11 is 0. The van der Waals surface area contributed by atoms with Crippen molar-refractivity contribution in [3.05, 3.63) is 0 Å². The highest BCUT2D eigenvalue weighted by Gasteiger charge is 2.33. The number of nitrogens with two attached hydrogens (primary N) is 1. The number of nitrogens with zero attached hydrogens (tertiary/aromatic N) is 2. The van der Waals surface area contributed by atoms with E-state index in [1.165, 1.54) is 6.54 Å². The van der Waals surface area contributed by atoms with Crippen LogP contribution in [0, 0.1) is 11.8 Å². The first-order valence-corrected chi connectivity index (χ1v) is 6.80. The second-order valence-corrected chi connectivity index (χ2v) is 6.01. The Bertz CT molecular complexity index is 241. The molecular weight excluding hydrogens is 214 g/mol. The van der Waals surface area contributed by atoms with Crippen molar-refractivity contribution in [2.24, 2.45) is 17.6 Å². The third-order valence-corrected chi connectivity index (χ3v) is 4.35. The normalized spacial score (nSPS) is 36.9. The first-order valence-electron chi connectivity index (χ1n) is 6.80. The third-order valence-electron chi connectivity index (χ3n) is 4.35. The summed E-state index contributed by atoms with van der Waals surface area (Å²) in [5, 5.41) is 0. The zero-order valence-corrected chi connectivity index (χ0v) is 11.4. The fourth-order valence-corrected chi connectivity index (χ4v) is 3.21. The maximum Gasteiger partial charge on any atom is 0.0510 e. The van der Waals surface area contributed by atoms with Crippen molar-refractivity contribution in [2.45, 2.75) is 25.4 Å². The van der Waals surface area contributed by atoms with Gasteiger partial charge >= 0.3 is 0 Å². The number of likely N-dealkylation sites (tertiary alicyclic amines) is 1. The predicted octanol–water partition coefficient (Wildman–Crippen LogP) is 0.232. The minimum absolute atomic E-state index is 0.283. The van der Waals surface area contributed by atoms with Gasteiger partial charge in [-0.25, -0.2) is 0 Å². The molecule has 2 aliphatic heterocycles. The molecule has 2 heterocycles. The maximum absolute atomic E-state index is 6.29. The van der Waals surface area contributed by atoms with Crippen LogP contribution in [0.4, 0.5) is 0 Å². The Labute approximate surface area is 105 Å². The SMILES string of the molecule is CC1CN(CC(N)C2CCOC2)CC1N(C)C. The second kappa shape index (κ2) is 5.65. The van der Waals surface area contributed by atoms with Crippen LogP contribution in [0.3, 0.4) is 0 Å². The summed E-state index contributed by atoms with van der Waals surface area (Å²) < 4.78 is 5.42. The fraction of sp³-hybridized carbons (Fsp3) is 1.00. The van der Waals surface area contributed by atoms with Gasteiger partial charge in [0.2, 0.25) is 0 Å². The van der Waals surface area contributed by atoms with Gasteiger partial charge in [0.25, 0.3) is 0 Å². The van der Waals surface area contributed by atoms with Gasteiger partial charge in [-0.1, -0.05) is 6.92 Å². The van der Waals surface area contributed by atoms with Crippen LogP contribution in [0.5, 0.6) is 0 Å². The molecule has 0 aromatic heterocycles. The topological polar surface area (TPSA) is 41.7 Å². The summed E-state index contributed by atoms with van der Waals surface area (Å²) in [6.07, 6.45) is 1.14. The third kappa shape index (κ3) is 3.19. The van der Waals surface area contributed by atoms with Crippen LogP contribution in [0.25, 0.3) is 0 Å². The molecule has 0 bridgehead atoms. The zero-order chi connectivity index (χ0) is 12.4. The Kier molecular flexibility index (Phi) is 4.42. The molecule has 0 aromatic rings. The number of ether oxygens (including phenoxy) is 1. The summed E-state index contributed by atoms with van der Waals surface area (Å²) in [5.41, 5.74) is 6.29. The van der Waals surface area contributed by atoms with Crippen molar-refractivity contribution in [3.8, 4) is 0 Å². The van der Waals surface area contributed by atoms with Crippen LogP contribution in [-0.2, 0) is 4.74 Å². The van der Waals surface area contributed by atoms with Gasteiger partial charge in [-0.3, -0.25) is 4.90 Å². The van der Waals surface area contributed by atoms with Gasteiger partial charge in [-0.2, -0.15) is 0 Å². The lowest BCUT2D eigenvalue weighted by Crippen LogP contribution is -2.42. The van der Waals surface area contributed by atoms with E-state index < -0.39 is 0 Å². The number of hydrogen-bond acceptors (Lipinski definition) is 4. The highest BCUT2D eigenvalue weighted by molar-refractivity contribution is 4.89. The lowest BCUT2D eigenvalue weighted by Gasteiger charge is -2.25. The Morgan fingerprint density at radius 2 is 2.18 bits per heavy atom. The van der Waals surface area contributed by atoms with E-state index in [-0.39, 0.29) is 6.04 Å². The minimum atomic E-state index is 0.283. The van der Waals surface area contributed by atoms with Crippen molar-refractivity contribution < 1.29 is 4.74 Å². The van der Waals surface area contributed by atoms with E-state index in [0.29, 0.717) is 12.0 Å². The molecule has 17 heavy (non-hydrogen) atoms. The largest absolute Gasteiger partial charge is 0.381 e. The van der Waals surface area contributed by atoms with E-state index in [1.807, 2.05) is 0 Å². The lowest BCUT2D eigenvalue weighted by atomic mass is 9.99. The van der Waals surface area contributed by atoms with Crippen molar-refractivity contribution >= 4 is 0 Å². The highest BCUT2D eigenvalue weighted by Crippen LogP contribution is 2.22. The van der Waals surface area contributed by atoms with E-state index in [2.05, 4.69) is 30.8 Å². The van der Waals surface area contributed by atoms with Gasteiger partial charge in [0.05, 0.1) is 6.61 Å². The molecule has 4 nitrogen and oxygen atoms in total. The van der Waals surface area contributed by atoms with Crippen molar-refractivity contribution in [1.29, 1.82) is 0 Å². The van der Waals surface area contributed by atoms with Crippen LogP contribution in [-0.4, -0.2) is 68.8 Å². The standard InChI is InChI=1S/C13H27N3O/c1-10-6-16(8-13(10)15(2)3)7-12(14)11-4-5-17-9-11/h10-13H,4-9,14H2,1-3H3. The summed E-state index contributed by atoms with van der Waals surface area (Å²) in [5.74, 6) is 1.32. The van der Waals surface area contributed by atoms with E-state index in [9.17, 15) is 0 Å². The molecule has 4 unspecified atom stereocenters. The molecule has 2 saturated heterocycles. The van der Waals surface area contributed by atoms with E-state index in [0.717, 1.165) is 38.6 Å². The zero-order valence-electron chi connectivity index (χ0n) is 11.4. The van der Waals surface area contributed by atoms with Crippen LogP contribution < -0.4 is 5.73 Å². The van der Waals surface area contributed by atoms with Crippen LogP contribution in [0.15, 0.2) is 0 Å². The molecule has 0 aromatic carbocycles.